The predicted octanol–water partition coefficient (Wildman–Crippen LogP) is 5.41. The Kier molecular flexibility index (Phi) is 3.94. The molecule has 2 rings (SSSR count). The van der Waals surface area contributed by atoms with E-state index in [-0.39, 0.29) is 5.33 Å². The Morgan fingerprint density at radius 3 is 2.32 bits per heavy atom. The fourth-order valence-corrected chi connectivity index (χ4v) is 2.40. The number of halogens is 5. The van der Waals surface area contributed by atoms with Crippen LogP contribution < -0.4 is 0 Å². The molecule has 5 heteroatoms. The van der Waals surface area contributed by atoms with Gasteiger partial charge in [0.1, 0.15) is 5.82 Å². The van der Waals surface area contributed by atoms with Gasteiger partial charge in [0.15, 0.2) is 0 Å². The third kappa shape index (κ3) is 2.97. The van der Waals surface area contributed by atoms with Crippen LogP contribution in [-0.4, -0.2) is 0 Å². The Morgan fingerprint density at radius 2 is 1.68 bits per heavy atom. The van der Waals surface area contributed by atoms with Crippen LogP contribution in [0.15, 0.2) is 42.5 Å². The molecule has 0 aliphatic rings. The van der Waals surface area contributed by atoms with E-state index in [0.717, 1.165) is 12.1 Å². The van der Waals surface area contributed by atoms with E-state index in [2.05, 4.69) is 15.9 Å². The van der Waals surface area contributed by atoms with Crippen molar-refractivity contribution in [2.24, 2.45) is 0 Å². The first kappa shape index (κ1) is 14.1. The number of hydrogen-bond donors (Lipinski definition) is 0. The maximum absolute atomic E-state index is 13.6. The van der Waals surface area contributed by atoms with Crippen molar-refractivity contribution in [2.75, 3.05) is 0 Å². The zero-order valence-electron chi connectivity index (χ0n) is 9.64. The lowest BCUT2D eigenvalue weighted by molar-refractivity contribution is -0.137. The smallest absolute Gasteiger partial charge is 0.207 e. The molecule has 2 aromatic carbocycles. The molecule has 0 saturated carbocycles. The summed E-state index contributed by atoms with van der Waals surface area (Å²) in [6.45, 7) is 0. The minimum Gasteiger partial charge on any atom is -0.207 e. The van der Waals surface area contributed by atoms with Crippen LogP contribution in [0.3, 0.4) is 0 Å². The highest BCUT2D eigenvalue weighted by Crippen LogP contribution is 2.34. The number of benzene rings is 2. The van der Waals surface area contributed by atoms with E-state index in [1.165, 1.54) is 24.3 Å². The second-order valence-electron chi connectivity index (χ2n) is 3.98. The summed E-state index contributed by atoms with van der Waals surface area (Å²) in [5.41, 5.74) is 0.420. The molecule has 0 spiro atoms. The van der Waals surface area contributed by atoms with Crippen molar-refractivity contribution in [2.45, 2.75) is 11.5 Å². The molecule has 100 valence electrons. The minimum absolute atomic E-state index is 0.241. The first-order valence-electron chi connectivity index (χ1n) is 5.44. The van der Waals surface area contributed by atoms with Crippen molar-refractivity contribution in [3.8, 4) is 11.1 Å². The average molecular weight is 333 g/mol. The molecule has 0 atom stereocenters. The van der Waals surface area contributed by atoms with E-state index in [9.17, 15) is 17.6 Å². The summed E-state index contributed by atoms with van der Waals surface area (Å²) < 4.78 is 51.6. The Morgan fingerprint density at radius 1 is 1.00 bits per heavy atom. The molecule has 0 radical (unpaired) electrons. The fourth-order valence-electron chi connectivity index (χ4n) is 1.83. The van der Waals surface area contributed by atoms with E-state index in [1.54, 1.807) is 6.07 Å². The largest absolute Gasteiger partial charge is 0.416 e. The molecule has 0 amide bonds. The van der Waals surface area contributed by atoms with Crippen LogP contribution in [0.1, 0.15) is 11.1 Å². The highest BCUT2D eigenvalue weighted by molar-refractivity contribution is 9.08. The molecule has 0 saturated heterocycles. The summed E-state index contributed by atoms with van der Waals surface area (Å²) in [6.07, 6.45) is -4.40. The molecular formula is C14H9BrF4. The van der Waals surface area contributed by atoms with Crippen molar-refractivity contribution in [1.82, 2.24) is 0 Å². The summed E-state index contributed by atoms with van der Waals surface area (Å²) in [7, 11) is 0. The van der Waals surface area contributed by atoms with Gasteiger partial charge in [-0.3, -0.25) is 0 Å². The molecular weight excluding hydrogens is 324 g/mol. The maximum Gasteiger partial charge on any atom is 0.416 e. The maximum atomic E-state index is 13.6. The van der Waals surface area contributed by atoms with Crippen LogP contribution in [-0.2, 0) is 11.5 Å². The van der Waals surface area contributed by atoms with Crippen molar-refractivity contribution < 1.29 is 17.6 Å². The van der Waals surface area contributed by atoms with Crippen LogP contribution in [0, 0.1) is 5.82 Å². The third-order valence-corrected chi connectivity index (χ3v) is 3.31. The number of alkyl halides is 4. The van der Waals surface area contributed by atoms with Crippen LogP contribution in [0.4, 0.5) is 17.6 Å². The average Bonchev–Trinajstić information content (AvgIpc) is 2.37. The van der Waals surface area contributed by atoms with E-state index in [0.29, 0.717) is 16.7 Å². The van der Waals surface area contributed by atoms with Crippen molar-refractivity contribution in [3.05, 3.63) is 59.4 Å². The quantitative estimate of drug-likeness (QED) is 0.509. The second-order valence-corrected chi connectivity index (χ2v) is 4.54. The molecule has 0 bridgehead atoms. The van der Waals surface area contributed by atoms with Gasteiger partial charge in [-0.1, -0.05) is 40.2 Å². The van der Waals surface area contributed by atoms with Crippen LogP contribution >= 0.6 is 15.9 Å². The van der Waals surface area contributed by atoms with Gasteiger partial charge in [-0.15, -0.1) is 0 Å². The molecule has 19 heavy (non-hydrogen) atoms. The van der Waals surface area contributed by atoms with Crippen molar-refractivity contribution >= 4 is 15.9 Å². The van der Waals surface area contributed by atoms with Gasteiger partial charge < -0.3 is 0 Å². The molecule has 0 aromatic heterocycles. The van der Waals surface area contributed by atoms with E-state index in [4.69, 9.17) is 0 Å². The van der Waals surface area contributed by atoms with E-state index < -0.39 is 17.6 Å². The zero-order chi connectivity index (χ0) is 14.0. The second kappa shape index (κ2) is 5.33. The molecule has 0 unspecified atom stereocenters. The Labute approximate surface area is 116 Å². The lowest BCUT2D eigenvalue weighted by atomic mass is 9.98. The third-order valence-electron chi connectivity index (χ3n) is 2.75. The normalized spacial score (nSPS) is 11.6. The highest BCUT2D eigenvalue weighted by Gasteiger charge is 2.30. The molecule has 0 heterocycles. The van der Waals surface area contributed by atoms with Gasteiger partial charge in [-0.25, -0.2) is 4.39 Å². The van der Waals surface area contributed by atoms with Crippen molar-refractivity contribution in [3.63, 3.8) is 0 Å². The van der Waals surface area contributed by atoms with Gasteiger partial charge in [0.25, 0.3) is 0 Å². The van der Waals surface area contributed by atoms with Gasteiger partial charge in [0, 0.05) is 10.9 Å². The van der Waals surface area contributed by atoms with Gasteiger partial charge in [-0.05, 0) is 29.3 Å². The Hall–Kier alpha value is -1.36. The van der Waals surface area contributed by atoms with Gasteiger partial charge in [-0.2, -0.15) is 13.2 Å². The minimum atomic E-state index is -4.40. The summed E-state index contributed by atoms with van der Waals surface area (Å²) in [5.74, 6) is -0.438. The lowest BCUT2D eigenvalue weighted by Gasteiger charge is -2.11. The topological polar surface area (TPSA) is 0 Å². The molecule has 0 aliphatic carbocycles. The van der Waals surface area contributed by atoms with Gasteiger partial charge >= 0.3 is 6.18 Å². The number of rotatable bonds is 2. The molecule has 0 nitrogen and oxygen atoms in total. The first-order valence-corrected chi connectivity index (χ1v) is 6.56. The summed E-state index contributed by atoms with van der Waals surface area (Å²) in [4.78, 5) is 0. The number of hydrogen-bond acceptors (Lipinski definition) is 0. The fraction of sp³-hybridized carbons (Fsp3) is 0.143. The summed E-state index contributed by atoms with van der Waals surface area (Å²) >= 11 is 3.15. The van der Waals surface area contributed by atoms with Crippen LogP contribution in [0.2, 0.25) is 0 Å². The Balaban J connectivity index is 2.57. The Bertz CT molecular complexity index is 590. The molecule has 0 N–H and O–H groups in total. The standard InChI is InChI=1S/C14H9BrF4/c15-8-12-11(5-2-6-13(12)16)9-3-1-4-10(7-9)14(17,18)19/h1-7H,8H2. The SMILES string of the molecule is Fc1cccc(-c2cccc(C(F)(F)F)c2)c1CBr. The van der Waals surface area contributed by atoms with Gasteiger partial charge in [0.05, 0.1) is 5.56 Å². The van der Waals surface area contributed by atoms with Crippen LogP contribution in [0.5, 0.6) is 0 Å². The van der Waals surface area contributed by atoms with Crippen molar-refractivity contribution in [1.29, 1.82) is 0 Å². The van der Waals surface area contributed by atoms with E-state index in [1.807, 2.05) is 0 Å². The molecule has 0 aliphatic heterocycles. The molecule has 0 fully saturated rings. The van der Waals surface area contributed by atoms with Gasteiger partial charge in [0.2, 0.25) is 0 Å². The monoisotopic (exact) mass is 332 g/mol. The first-order chi connectivity index (χ1) is 8.93. The lowest BCUT2D eigenvalue weighted by Crippen LogP contribution is -2.04. The van der Waals surface area contributed by atoms with E-state index >= 15 is 0 Å². The predicted molar refractivity (Wildman–Crippen MR) is 69.5 cm³/mol. The summed E-state index contributed by atoms with van der Waals surface area (Å²) in [6, 6.07) is 9.26. The summed E-state index contributed by atoms with van der Waals surface area (Å²) in [5, 5.41) is 0.241. The highest BCUT2D eigenvalue weighted by atomic mass is 79.9. The molecule has 2 aromatic rings. The van der Waals surface area contributed by atoms with Crippen LogP contribution in [0.25, 0.3) is 11.1 Å². The zero-order valence-corrected chi connectivity index (χ0v) is 11.2.